The Bertz CT molecular complexity index is 1630. The number of hydrogen-bond donors (Lipinski definition) is 0. The van der Waals surface area contributed by atoms with E-state index in [2.05, 4.69) is 41.3 Å². The van der Waals surface area contributed by atoms with Crippen LogP contribution >= 0.6 is 7.07 Å². The van der Waals surface area contributed by atoms with E-state index >= 15 is 0 Å². The predicted molar refractivity (Wildman–Crippen MR) is 195 cm³/mol. The first-order valence-corrected chi connectivity index (χ1v) is 17.2. The van der Waals surface area contributed by atoms with Crippen LogP contribution in [0.25, 0.3) is 6.08 Å². The van der Waals surface area contributed by atoms with Crippen molar-refractivity contribution in [2.24, 2.45) is 10.2 Å². The largest absolute Gasteiger partial charge is 0.540 e. The fraction of sp³-hybridized carbons (Fsp3) is 0.222. The summed E-state index contributed by atoms with van der Waals surface area (Å²) in [5.74, 6) is 3.02. The van der Waals surface area contributed by atoms with Gasteiger partial charge in [0.15, 0.2) is 12.5 Å². The molecule has 1 unspecified atom stereocenters. The molecule has 0 spiro atoms. The standard InChI is InChI=1S/C36H41N5O4PS/c1-39(2)24-22-29-8-20-36(21-9-29)45-46(47)41(4)38-27-32-12-18-34(19-13-32)43-25-23-30-6-16-35(17-7-30)44-28-40(3)37-26-31-10-14-33(42-5)15-11-31/h6-21,23,25-27H,22,24,28H2,1-5H3/q+1/b25-23?,37-26+,38-27+. The van der Waals surface area contributed by atoms with Crippen molar-refractivity contribution in [1.82, 2.24) is 14.7 Å². The van der Waals surface area contributed by atoms with Crippen molar-refractivity contribution in [3.05, 3.63) is 126 Å². The van der Waals surface area contributed by atoms with Gasteiger partial charge in [-0.05, 0) is 122 Å². The van der Waals surface area contributed by atoms with Crippen molar-refractivity contribution in [2.45, 2.75) is 6.42 Å². The number of rotatable bonds is 17. The monoisotopic (exact) mass is 670 g/mol. The molecule has 0 heterocycles. The van der Waals surface area contributed by atoms with E-state index < -0.39 is 7.07 Å². The fourth-order valence-electron chi connectivity index (χ4n) is 3.97. The van der Waals surface area contributed by atoms with Crippen molar-refractivity contribution in [1.29, 1.82) is 0 Å². The molecule has 4 aromatic rings. The number of likely N-dealkylation sites (N-methyl/N-ethyl adjacent to an activating group) is 1. The second-order valence-corrected chi connectivity index (χ2v) is 12.9. The summed E-state index contributed by atoms with van der Waals surface area (Å²) in [5, 5.41) is 10.6. The zero-order chi connectivity index (χ0) is 33.4. The fourth-order valence-corrected chi connectivity index (χ4v) is 4.91. The summed E-state index contributed by atoms with van der Waals surface area (Å²) in [4.78, 5) is 2.17. The Hall–Kier alpha value is -4.76. The van der Waals surface area contributed by atoms with Crippen LogP contribution in [0, 0.1) is 0 Å². The Kier molecular flexibility index (Phi) is 13.7. The Morgan fingerprint density at radius 2 is 1.23 bits per heavy atom. The summed E-state index contributed by atoms with van der Waals surface area (Å²) in [5.41, 5.74) is 4.15. The van der Waals surface area contributed by atoms with Gasteiger partial charge in [-0.2, -0.15) is 5.10 Å². The first-order chi connectivity index (χ1) is 22.8. The molecule has 0 bridgehead atoms. The molecule has 0 amide bonds. The van der Waals surface area contributed by atoms with Crippen LogP contribution in [0.2, 0.25) is 0 Å². The van der Waals surface area contributed by atoms with Gasteiger partial charge in [0.2, 0.25) is 11.8 Å². The molecule has 0 saturated carbocycles. The molecule has 47 heavy (non-hydrogen) atoms. The Balaban J connectivity index is 1.17. The smallest absolute Gasteiger partial charge is 0.497 e. The highest BCUT2D eigenvalue weighted by atomic mass is 32.4. The van der Waals surface area contributed by atoms with Crippen LogP contribution in [-0.4, -0.2) is 75.7 Å². The molecule has 0 fully saturated rings. The number of hydrazone groups is 2. The summed E-state index contributed by atoms with van der Waals surface area (Å²) in [6, 6.07) is 31.2. The van der Waals surface area contributed by atoms with Crippen molar-refractivity contribution < 1.29 is 18.7 Å². The van der Waals surface area contributed by atoms with Crippen LogP contribution < -0.4 is 18.7 Å². The minimum Gasteiger partial charge on any atom is -0.497 e. The van der Waals surface area contributed by atoms with Crippen LogP contribution in [0.5, 0.6) is 23.0 Å². The van der Waals surface area contributed by atoms with Gasteiger partial charge in [-0.15, -0.1) is 5.10 Å². The molecule has 0 aliphatic heterocycles. The molecular weight excluding hydrogens is 629 g/mol. The van der Waals surface area contributed by atoms with E-state index in [1.165, 1.54) is 5.56 Å². The average Bonchev–Trinajstić information content (AvgIpc) is 3.09. The molecule has 4 rings (SSSR count). The average molecular weight is 671 g/mol. The second-order valence-electron chi connectivity index (χ2n) is 10.8. The molecular formula is C36H41N5O4PS+. The summed E-state index contributed by atoms with van der Waals surface area (Å²) in [7, 11) is 8.12. The Labute approximate surface area is 283 Å². The SMILES string of the molecule is COc1ccc(/C=N/N(C)COc2ccc(C=COc3ccc(/C=N/N(C)[P+](=S)Oc4ccc(CCN(C)C)cc4)cc3)cc2)cc1. The molecule has 0 aliphatic carbocycles. The van der Waals surface area contributed by atoms with E-state index in [0.717, 1.165) is 46.9 Å². The third-order valence-electron chi connectivity index (χ3n) is 6.73. The van der Waals surface area contributed by atoms with Gasteiger partial charge in [0, 0.05) is 13.6 Å². The molecule has 0 radical (unpaired) electrons. The maximum atomic E-state index is 5.94. The zero-order valence-corrected chi connectivity index (χ0v) is 29.1. The van der Waals surface area contributed by atoms with Crippen molar-refractivity contribution in [3.63, 3.8) is 0 Å². The summed E-state index contributed by atoms with van der Waals surface area (Å²) in [6.45, 7) is 1.32. The van der Waals surface area contributed by atoms with Gasteiger partial charge in [0.25, 0.3) is 0 Å². The third-order valence-corrected chi connectivity index (χ3v) is 8.60. The highest BCUT2D eigenvalue weighted by Crippen LogP contribution is 2.30. The van der Waals surface area contributed by atoms with E-state index in [-0.39, 0.29) is 0 Å². The first-order valence-electron chi connectivity index (χ1n) is 15.0. The second kappa shape index (κ2) is 18.4. The van der Waals surface area contributed by atoms with Gasteiger partial charge >= 0.3 is 7.07 Å². The number of methoxy groups -OCH3 is 1. The molecule has 9 nitrogen and oxygen atoms in total. The zero-order valence-electron chi connectivity index (χ0n) is 27.4. The van der Waals surface area contributed by atoms with E-state index in [9.17, 15) is 0 Å². The minimum absolute atomic E-state index is 0.316. The first kappa shape index (κ1) is 35.1. The van der Waals surface area contributed by atoms with Gasteiger partial charge in [-0.3, -0.25) is 9.53 Å². The van der Waals surface area contributed by atoms with E-state index in [0.29, 0.717) is 12.5 Å². The lowest BCUT2D eigenvalue weighted by Gasteiger charge is -2.14. The van der Waals surface area contributed by atoms with Crippen molar-refractivity contribution >= 4 is 37.4 Å². The van der Waals surface area contributed by atoms with E-state index in [4.69, 9.17) is 30.5 Å². The van der Waals surface area contributed by atoms with Crippen molar-refractivity contribution in [3.8, 4) is 23.0 Å². The van der Waals surface area contributed by atoms with Crippen LogP contribution in [0.4, 0.5) is 0 Å². The van der Waals surface area contributed by atoms with Gasteiger partial charge in [-0.1, -0.05) is 29.0 Å². The van der Waals surface area contributed by atoms with Crippen LogP contribution in [0.1, 0.15) is 22.3 Å². The van der Waals surface area contributed by atoms with Crippen LogP contribution in [0.15, 0.2) is 114 Å². The van der Waals surface area contributed by atoms with Crippen molar-refractivity contribution in [2.75, 3.05) is 48.6 Å². The maximum absolute atomic E-state index is 5.94. The summed E-state index contributed by atoms with van der Waals surface area (Å²) < 4.78 is 24.4. The lowest BCUT2D eigenvalue weighted by Crippen LogP contribution is -2.18. The third kappa shape index (κ3) is 12.5. The number of ether oxygens (including phenoxy) is 3. The van der Waals surface area contributed by atoms with Crippen LogP contribution in [0.3, 0.4) is 0 Å². The normalized spacial score (nSPS) is 11.7. The molecule has 0 N–H and O–H groups in total. The molecule has 0 aromatic heterocycles. The molecule has 0 saturated heterocycles. The molecule has 11 heteroatoms. The van der Waals surface area contributed by atoms with E-state index in [1.54, 1.807) is 35.6 Å². The lowest BCUT2D eigenvalue weighted by molar-refractivity contribution is 0.158. The molecule has 1 atom stereocenters. The summed E-state index contributed by atoms with van der Waals surface area (Å²) in [6.07, 6.45) is 8.07. The maximum Gasteiger partial charge on any atom is 0.540 e. The number of benzene rings is 4. The quantitative estimate of drug-likeness (QED) is 0.0382. The Morgan fingerprint density at radius 1 is 0.681 bits per heavy atom. The lowest BCUT2D eigenvalue weighted by atomic mass is 10.1. The van der Waals surface area contributed by atoms with E-state index in [1.807, 2.05) is 105 Å². The van der Waals surface area contributed by atoms with Gasteiger partial charge in [0.05, 0.1) is 32.8 Å². The highest BCUT2D eigenvalue weighted by molar-refractivity contribution is 8.02. The molecule has 244 valence electrons. The summed E-state index contributed by atoms with van der Waals surface area (Å²) >= 11 is 5.55. The number of hydrogen-bond acceptors (Lipinski definition) is 9. The van der Waals surface area contributed by atoms with Gasteiger partial charge in [-0.25, -0.2) is 0 Å². The predicted octanol–water partition coefficient (Wildman–Crippen LogP) is 7.27. The topological polar surface area (TPSA) is 71.4 Å². The Morgan fingerprint density at radius 3 is 1.85 bits per heavy atom. The van der Waals surface area contributed by atoms with Gasteiger partial charge in [0.1, 0.15) is 17.2 Å². The van der Waals surface area contributed by atoms with Crippen LogP contribution in [-0.2, 0) is 18.2 Å². The van der Waals surface area contributed by atoms with Gasteiger partial charge < -0.3 is 19.1 Å². The molecule has 0 aliphatic rings. The number of nitrogens with zero attached hydrogens (tertiary/aromatic N) is 5. The molecule has 4 aromatic carbocycles. The minimum atomic E-state index is -1.34. The highest BCUT2D eigenvalue weighted by Gasteiger charge is 2.20.